The molecule has 5 heteroatoms. The Morgan fingerprint density at radius 3 is 2.27 bits per heavy atom. The van der Waals surface area contributed by atoms with Gasteiger partial charge in [-0.05, 0) is 60.7 Å². The maximum Gasteiger partial charge on any atom is 0.253 e. The fourth-order valence-electron chi connectivity index (χ4n) is 3.08. The van der Waals surface area contributed by atoms with Crippen molar-refractivity contribution >= 4 is 29.1 Å². The zero-order chi connectivity index (χ0) is 18.5. The maximum absolute atomic E-state index is 12.5. The lowest BCUT2D eigenvalue weighted by atomic mass is 9.98. The van der Waals surface area contributed by atoms with E-state index in [0.717, 1.165) is 31.5 Å². The van der Waals surface area contributed by atoms with Gasteiger partial charge in [0.25, 0.3) is 5.91 Å². The van der Waals surface area contributed by atoms with Crippen LogP contribution in [0.5, 0.6) is 0 Å². The first kappa shape index (κ1) is 18.5. The predicted molar refractivity (Wildman–Crippen MR) is 105 cm³/mol. The molecule has 0 radical (unpaired) electrons. The van der Waals surface area contributed by atoms with Crippen molar-refractivity contribution in [3.8, 4) is 0 Å². The maximum atomic E-state index is 12.5. The number of nitrogens with one attached hydrogen (secondary N) is 1. The Morgan fingerprint density at radius 1 is 1.04 bits per heavy atom. The first-order valence-corrected chi connectivity index (χ1v) is 9.32. The van der Waals surface area contributed by atoms with Crippen molar-refractivity contribution in [1.29, 1.82) is 0 Å². The van der Waals surface area contributed by atoms with Gasteiger partial charge in [-0.15, -0.1) is 0 Å². The molecule has 0 aliphatic carbocycles. The van der Waals surface area contributed by atoms with Crippen molar-refractivity contribution in [2.45, 2.75) is 26.2 Å². The molecule has 4 nitrogen and oxygen atoms in total. The summed E-state index contributed by atoms with van der Waals surface area (Å²) in [6.07, 6.45) is 2.40. The van der Waals surface area contributed by atoms with Gasteiger partial charge in [0.2, 0.25) is 5.91 Å². The first-order chi connectivity index (χ1) is 12.5. The topological polar surface area (TPSA) is 49.4 Å². The Labute approximate surface area is 159 Å². The first-order valence-electron chi connectivity index (χ1n) is 8.95. The van der Waals surface area contributed by atoms with Crippen LogP contribution in [0.2, 0.25) is 5.02 Å². The lowest BCUT2D eigenvalue weighted by Crippen LogP contribution is -2.37. The van der Waals surface area contributed by atoms with E-state index in [4.69, 9.17) is 11.6 Å². The van der Waals surface area contributed by atoms with E-state index in [1.165, 1.54) is 0 Å². The molecule has 2 aromatic carbocycles. The van der Waals surface area contributed by atoms with Crippen molar-refractivity contribution in [1.82, 2.24) is 4.90 Å². The summed E-state index contributed by atoms with van der Waals surface area (Å²) >= 11 is 5.85. The summed E-state index contributed by atoms with van der Waals surface area (Å²) in [5.74, 6) is 0.657. The highest BCUT2D eigenvalue weighted by atomic mass is 35.5. The van der Waals surface area contributed by atoms with Gasteiger partial charge in [-0.2, -0.15) is 0 Å². The lowest BCUT2D eigenvalue weighted by Gasteiger charge is -2.30. The third kappa shape index (κ3) is 4.85. The zero-order valence-electron chi connectivity index (χ0n) is 14.9. The van der Waals surface area contributed by atoms with Crippen molar-refractivity contribution in [2.75, 3.05) is 18.4 Å². The molecule has 0 unspecified atom stereocenters. The van der Waals surface area contributed by atoms with Gasteiger partial charge in [0.15, 0.2) is 0 Å². The SMILES string of the molecule is CC1CCN(C(=O)c2ccc(NC(=O)Cc3ccc(Cl)cc3)cc2)CC1. The molecule has 0 atom stereocenters. The molecule has 1 saturated heterocycles. The third-order valence-electron chi connectivity index (χ3n) is 4.76. The Balaban J connectivity index is 1.56. The van der Waals surface area contributed by atoms with E-state index >= 15 is 0 Å². The zero-order valence-corrected chi connectivity index (χ0v) is 15.6. The summed E-state index contributed by atoms with van der Waals surface area (Å²) in [7, 11) is 0. The summed E-state index contributed by atoms with van der Waals surface area (Å²) in [5, 5.41) is 3.51. The van der Waals surface area contributed by atoms with E-state index in [9.17, 15) is 9.59 Å². The minimum Gasteiger partial charge on any atom is -0.339 e. The van der Waals surface area contributed by atoms with Crippen LogP contribution in [0, 0.1) is 5.92 Å². The molecule has 0 aromatic heterocycles. The quantitative estimate of drug-likeness (QED) is 0.867. The summed E-state index contributed by atoms with van der Waals surface area (Å²) in [6.45, 7) is 3.86. The van der Waals surface area contributed by atoms with E-state index in [1.54, 1.807) is 36.4 Å². The molecule has 1 heterocycles. The van der Waals surface area contributed by atoms with Gasteiger partial charge >= 0.3 is 0 Å². The van der Waals surface area contributed by atoms with E-state index in [0.29, 0.717) is 22.2 Å². The third-order valence-corrected chi connectivity index (χ3v) is 5.02. The molecule has 0 bridgehead atoms. The number of likely N-dealkylation sites (tertiary alicyclic amines) is 1. The van der Waals surface area contributed by atoms with Crippen LogP contribution in [0.1, 0.15) is 35.7 Å². The van der Waals surface area contributed by atoms with E-state index in [2.05, 4.69) is 12.2 Å². The van der Waals surface area contributed by atoms with Crippen LogP contribution in [0.4, 0.5) is 5.69 Å². The van der Waals surface area contributed by atoms with Gasteiger partial charge in [-0.1, -0.05) is 30.7 Å². The number of anilines is 1. The molecule has 0 saturated carbocycles. The second-order valence-electron chi connectivity index (χ2n) is 6.90. The second-order valence-corrected chi connectivity index (χ2v) is 7.34. The molecular weight excluding hydrogens is 348 g/mol. The minimum absolute atomic E-state index is 0.0657. The molecular formula is C21H23ClN2O2. The Hall–Kier alpha value is -2.33. The van der Waals surface area contributed by atoms with Gasteiger partial charge in [0, 0.05) is 29.4 Å². The number of halogens is 1. The number of nitrogens with zero attached hydrogens (tertiary/aromatic N) is 1. The van der Waals surface area contributed by atoms with Crippen LogP contribution in [-0.4, -0.2) is 29.8 Å². The Kier molecular flexibility index (Phi) is 5.94. The normalized spacial score (nSPS) is 14.9. The van der Waals surface area contributed by atoms with Gasteiger partial charge in [0.05, 0.1) is 6.42 Å². The minimum atomic E-state index is -0.101. The molecule has 0 spiro atoms. The van der Waals surface area contributed by atoms with Crippen molar-refractivity contribution in [3.05, 3.63) is 64.7 Å². The van der Waals surface area contributed by atoms with Crippen LogP contribution in [0.25, 0.3) is 0 Å². The highest BCUT2D eigenvalue weighted by Crippen LogP contribution is 2.19. The van der Waals surface area contributed by atoms with Crippen LogP contribution in [-0.2, 0) is 11.2 Å². The monoisotopic (exact) mass is 370 g/mol. The lowest BCUT2D eigenvalue weighted by molar-refractivity contribution is -0.115. The second kappa shape index (κ2) is 8.37. The van der Waals surface area contributed by atoms with Gasteiger partial charge < -0.3 is 10.2 Å². The Bertz CT molecular complexity index is 764. The number of piperidine rings is 1. The number of rotatable bonds is 4. The average molecular weight is 371 g/mol. The van der Waals surface area contributed by atoms with Gasteiger partial charge in [-0.3, -0.25) is 9.59 Å². The number of hydrogen-bond acceptors (Lipinski definition) is 2. The number of benzene rings is 2. The van der Waals surface area contributed by atoms with E-state index in [-0.39, 0.29) is 18.2 Å². The highest BCUT2D eigenvalue weighted by Gasteiger charge is 2.21. The van der Waals surface area contributed by atoms with Gasteiger partial charge in [-0.25, -0.2) is 0 Å². The number of amides is 2. The molecule has 1 aliphatic heterocycles. The van der Waals surface area contributed by atoms with E-state index in [1.807, 2.05) is 17.0 Å². The molecule has 2 amide bonds. The number of carbonyl (C=O) groups is 2. The highest BCUT2D eigenvalue weighted by molar-refractivity contribution is 6.30. The van der Waals surface area contributed by atoms with Crippen LogP contribution in [0.3, 0.4) is 0 Å². The molecule has 1 aliphatic rings. The van der Waals surface area contributed by atoms with Crippen molar-refractivity contribution < 1.29 is 9.59 Å². The molecule has 1 N–H and O–H groups in total. The number of carbonyl (C=O) groups excluding carboxylic acids is 2. The summed E-state index contributed by atoms with van der Waals surface area (Å²) in [6, 6.07) is 14.3. The molecule has 2 aromatic rings. The standard InChI is InChI=1S/C21H23ClN2O2/c1-15-10-12-24(13-11-15)21(26)17-4-8-19(9-5-17)23-20(25)14-16-2-6-18(22)7-3-16/h2-9,15H,10-14H2,1H3,(H,23,25). The van der Waals surface area contributed by atoms with Gasteiger partial charge in [0.1, 0.15) is 0 Å². The van der Waals surface area contributed by atoms with Crippen molar-refractivity contribution in [3.63, 3.8) is 0 Å². The molecule has 26 heavy (non-hydrogen) atoms. The van der Waals surface area contributed by atoms with Crippen LogP contribution < -0.4 is 5.32 Å². The largest absolute Gasteiger partial charge is 0.339 e. The summed E-state index contributed by atoms with van der Waals surface area (Å²) in [5.41, 5.74) is 2.25. The fraction of sp³-hybridized carbons (Fsp3) is 0.333. The predicted octanol–water partition coefficient (Wildman–Crippen LogP) is 4.39. The molecule has 1 fully saturated rings. The smallest absolute Gasteiger partial charge is 0.253 e. The fourth-order valence-corrected chi connectivity index (χ4v) is 3.21. The molecule has 3 rings (SSSR count). The molecule has 136 valence electrons. The summed E-state index contributed by atoms with van der Waals surface area (Å²) < 4.78 is 0. The average Bonchev–Trinajstić information content (AvgIpc) is 2.64. The van der Waals surface area contributed by atoms with Crippen molar-refractivity contribution in [2.24, 2.45) is 5.92 Å². The summed E-state index contributed by atoms with van der Waals surface area (Å²) in [4.78, 5) is 26.6. The number of hydrogen-bond donors (Lipinski definition) is 1. The Morgan fingerprint density at radius 2 is 1.65 bits per heavy atom. The van der Waals surface area contributed by atoms with E-state index < -0.39 is 0 Å². The van der Waals surface area contributed by atoms with Crippen LogP contribution >= 0.6 is 11.6 Å². The van der Waals surface area contributed by atoms with Crippen LogP contribution in [0.15, 0.2) is 48.5 Å².